The van der Waals surface area contributed by atoms with Crippen molar-refractivity contribution in [2.24, 2.45) is 5.41 Å². The number of unbranched alkanes of at least 4 members (excludes halogenated alkanes) is 1. The maximum atomic E-state index is 14.5. The van der Waals surface area contributed by atoms with E-state index in [0.717, 1.165) is 30.4 Å². The molecule has 1 N–H and O–H groups in total. The van der Waals surface area contributed by atoms with Crippen molar-refractivity contribution < 1.29 is 37.8 Å². The van der Waals surface area contributed by atoms with Gasteiger partial charge in [0.05, 0.1) is 31.3 Å². The van der Waals surface area contributed by atoms with E-state index in [-0.39, 0.29) is 37.5 Å². The molecule has 2 aromatic carbocycles. The zero-order valence-electron chi connectivity index (χ0n) is 31.3. The third kappa shape index (κ3) is 10.2. The largest absolute Gasteiger partial charge is 0.445 e. The molecule has 0 aliphatic carbocycles. The average Bonchev–Trinajstić information content (AvgIpc) is 3.68. The molecule has 2 fully saturated rings. The molecule has 2 aliphatic rings. The second-order valence-electron chi connectivity index (χ2n) is 15.4. The molecule has 2 heterocycles. The summed E-state index contributed by atoms with van der Waals surface area (Å²) in [6.07, 6.45) is 1.45. The van der Waals surface area contributed by atoms with E-state index in [9.17, 15) is 23.6 Å². The molecule has 280 valence electrons. The van der Waals surface area contributed by atoms with Crippen LogP contribution in [0.5, 0.6) is 0 Å². The van der Waals surface area contributed by atoms with Gasteiger partial charge in [-0.1, -0.05) is 76.6 Å². The minimum atomic E-state index is -0.952. The standard InChI is InChI=1S/C39H55FN4O7/c1-9-10-21-39(6,7)51-37(48)44-23-31(49-24-28-16-18-29(40)19-17-28)32-30(44)20-22-43(32)35(46)33(38(3,4)5)41-34(45)26(2)42(8)36(47)50-25-27-14-12-11-13-15-27/h11-19,26,30-33H,9-10,20-25H2,1-8H3,(H,41,45). The molecule has 4 rings (SSSR count). The molecule has 4 amide bonds. The summed E-state index contributed by atoms with van der Waals surface area (Å²) < 4.78 is 31.4. The predicted molar refractivity (Wildman–Crippen MR) is 191 cm³/mol. The van der Waals surface area contributed by atoms with Gasteiger partial charge < -0.3 is 29.3 Å². The van der Waals surface area contributed by atoms with E-state index in [4.69, 9.17) is 14.2 Å². The summed E-state index contributed by atoms with van der Waals surface area (Å²) in [6.45, 7) is 13.8. The van der Waals surface area contributed by atoms with Crippen LogP contribution >= 0.6 is 0 Å². The topological polar surface area (TPSA) is 118 Å². The molecular formula is C39H55FN4O7. The van der Waals surface area contributed by atoms with E-state index < -0.39 is 53.3 Å². The highest BCUT2D eigenvalue weighted by molar-refractivity contribution is 5.92. The Bertz CT molecular complexity index is 1500. The fourth-order valence-electron chi connectivity index (χ4n) is 6.61. The lowest BCUT2D eigenvalue weighted by molar-refractivity contribution is -0.143. The Morgan fingerprint density at radius 3 is 2.24 bits per heavy atom. The number of benzene rings is 2. The third-order valence-electron chi connectivity index (χ3n) is 9.82. The molecule has 0 radical (unpaired) electrons. The number of likely N-dealkylation sites (N-methyl/N-ethyl adjacent to an activating group) is 1. The number of nitrogens with one attached hydrogen (secondary N) is 1. The van der Waals surface area contributed by atoms with Crippen LogP contribution < -0.4 is 5.32 Å². The molecule has 2 aromatic rings. The molecule has 0 bridgehead atoms. The van der Waals surface area contributed by atoms with Crippen molar-refractivity contribution in [1.29, 1.82) is 0 Å². The Balaban J connectivity index is 1.51. The molecule has 11 nitrogen and oxygen atoms in total. The number of hydrogen-bond acceptors (Lipinski definition) is 7. The van der Waals surface area contributed by atoms with Crippen LogP contribution in [0.1, 0.15) is 85.3 Å². The number of hydrogen-bond donors (Lipinski definition) is 1. The summed E-state index contributed by atoms with van der Waals surface area (Å²) in [4.78, 5) is 59.2. The van der Waals surface area contributed by atoms with Gasteiger partial charge in [-0.3, -0.25) is 14.5 Å². The molecule has 5 atom stereocenters. The number of ether oxygens (including phenoxy) is 3. The van der Waals surface area contributed by atoms with Gasteiger partial charge in [0.15, 0.2) is 0 Å². The Morgan fingerprint density at radius 1 is 0.961 bits per heavy atom. The predicted octanol–water partition coefficient (Wildman–Crippen LogP) is 6.29. The molecular weight excluding hydrogens is 655 g/mol. The summed E-state index contributed by atoms with van der Waals surface area (Å²) >= 11 is 0. The number of carbonyl (C=O) groups excluding carboxylic acids is 4. The first-order valence-corrected chi connectivity index (χ1v) is 17.9. The van der Waals surface area contributed by atoms with Crippen LogP contribution in [0.4, 0.5) is 14.0 Å². The quantitative estimate of drug-likeness (QED) is 0.260. The lowest BCUT2D eigenvalue weighted by atomic mass is 9.85. The first-order valence-electron chi connectivity index (χ1n) is 17.9. The molecule has 12 heteroatoms. The highest BCUT2D eigenvalue weighted by atomic mass is 19.1. The van der Waals surface area contributed by atoms with Gasteiger partial charge >= 0.3 is 12.2 Å². The van der Waals surface area contributed by atoms with Gasteiger partial charge in [-0.25, -0.2) is 14.0 Å². The van der Waals surface area contributed by atoms with Gasteiger partial charge in [-0.05, 0) is 68.7 Å². The van der Waals surface area contributed by atoms with Crippen molar-refractivity contribution >= 4 is 24.0 Å². The van der Waals surface area contributed by atoms with Crippen molar-refractivity contribution in [3.63, 3.8) is 0 Å². The van der Waals surface area contributed by atoms with E-state index in [2.05, 4.69) is 12.2 Å². The van der Waals surface area contributed by atoms with E-state index >= 15 is 0 Å². The summed E-state index contributed by atoms with van der Waals surface area (Å²) in [5.74, 6) is -1.17. The lowest BCUT2D eigenvalue weighted by Crippen LogP contribution is -2.60. The van der Waals surface area contributed by atoms with E-state index in [0.29, 0.717) is 13.0 Å². The minimum absolute atomic E-state index is 0.0597. The lowest BCUT2D eigenvalue weighted by Gasteiger charge is -2.37. The van der Waals surface area contributed by atoms with Crippen molar-refractivity contribution in [1.82, 2.24) is 20.0 Å². The van der Waals surface area contributed by atoms with Crippen LogP contribution in [-0.4, -0.2) is 94.7 Å². The maximum Gasteiger partial charge on any atom is 0.410 e. The summed E-state index contributed by atoms with van der Waals surface area (Å²) in [6, 6.07) is 12.5. The van der Waals surface area contributed by atoms with Crippen LogP contribution in [0.2, 0.25) is 0 Å². The van der Waals surface area contributed by atoms with Crippen molar-refractivity contribution in [2.75, 3.05) is 20.1 Å². The number of halogens is 1. The first kappa shape index (κ1) is 39.6. The van der Waals surface area contributed by atoms with E-state index in [1.54, 1.807) is 28.9 Å². The monoisotopic (exact) mass is 710 g/mol. The second-order valence-corrected chi connectivity index (χ2v) is 15.4. The van der Waals surface area contributed by atoms with E-state index in [1.807, 2.05) is 65.0 Å². The third-order valence-corrected chi connectivity index (χ3v) is 9.82. The SMILES string of the molecule is CCCCC(C)(C)OC(=O)N1CC(OCc2ccc(F)cc2)C2C1CCN2C(=O)C(NC(=O)C(C)N(C)C(=O)OCc1ccccc1)C(C)(C)C. The molecule has 51 heavy (non-hydrogen) atoms. The van der Waals surface area contributed by atoms with Crippen molar-refractivity contribution in [3.8, 4) is 0 Å². The van der Waals surface area contributed by atoms with Crippen LogP contribution in [0.15, 0.2) is 54.6 Å². The highest BCUT2D eigenvalue weighted by Gasteiger charge is 2.55. The fourth-order valence-corrected chi connectivity index (χ4v) is 6.61. The normalized spacial score (nSPS) is 20.0. The summed E-state index contributed by atoms with van der Waals surface area (Å²) in [5.41, 5.74) is 0.203. The van der Waals surface area contributed by atoms with E-state index in [1.165, 1.54) is 24.1 Å². The Hall–Kier alpha value is -4.19. The molecule has 2 aliphatic heterocycles. The second kappa shape index (κ2) is 16.9. The molecule has 5 unspecified atom stereocenters. The summed E-state index contributed by atoms with van der Waals surface area (Å²) in [7, 11) is 1.48. The number of amides is 4. The molecule has 2 saturated heterocycles. The molecule has 0 spiro atoms. The van der Waals surface area contributed by atoms with Crippen LogP contribution in [0, 0.1) is 11.2 Å². The first-order chi connectivity index (χ1) is 24.0. The number of rotatable bonds is 13. The number of carbonyl (C=O) groups is 4. The van der Waals surface area contributed by atoms with Crippen LogP contribution in [0.3, 0.4) is 0 Å². The Kier molecular flexibility index (Phi) is 13.1. The maximum absolute atomic E-state index is 14.5. The van der Waals surface area contributed by atoms with Gasteiger partial charge in [-0.2, -0.15) is 0 Å². The zero-order chi connectivity index (χ0) is 37.5. The van der Waals surface area contributed by atoms with Gasteiger partial charge in [0, 0.05) is 13.6 Å². The highest BCUT2D eigenvalue weighted by Crippen LogP contribution is 2.37. The molecule has 0 saturated carbocycles. The van der Waals surface area contributed by atoms with Gasteiger partial charge in [-0.15, -0.1) is 0 Å². The number of likely N-dealkylation sites (tertiary alicyclic amines) is 2. The number of fused-ring (bicyclic) bond motifs is 1. The van der Waals surface area contributed by atoms with Crippen LogP contribution in [0.25, 0.3) is 0 Å². The van der Waals surface area contributed by atoms with Crippen molar-refractivity contribution in [3.05, 3.63) is 71.5 Å². The molecule has 0 aromatic heterocycles. The smallest absolute Gasteiger partial charge is 0.410 e. The summed E-state index contributed by atoms with van der Waals surface area (Å²) in [5, 5.41) is 2.92. The van der Waals surface area contributed by atoms with Gasteiger partial charge in [0.2, 0.25) is 11.8 Å². The number of nitrogens with zero attached hydrogens (tertiary/aromatic N) is 3. The fraction of sp³-hybridized carbons (Fsp3) is 0.590. The van der Waals surface area contributed by atoms with Gasteiger partial charge in [0.1, 0.15) is 30.1 Å². The average molecular weight is 711 g/mol. The Morgan fingerprint density at radius 2 is 1.61 bits per heavy atom. The van der Waals surface area contributed by atoms with Gasteiger partial charge in [0.25, 0.3) is 0 Å². The zero-order valence-corrected chi connectivity index (χ0v) is 31.3. The minimum Gasteiger partial charge on any atom is -0.445 e. The van der Waals surface area contributed by atoms with Crippen molar-refractivity contribution in [2.45, 2.75) is 123 Å². The van der Waals surface area contributed by atoms with Crippen LogP contribution in [-0.2, 0) is 37.0 Å². The Labute approximate surface area is 301 Å².